The lowest BCUT2D eigenvalue weighted by molar-refractivity contribution is -0.0904. The number of hydrogen-bond donors (Lipinski definition) is 1. The molecule has 1 N–H and O–H groups in total. The number of rotatable bonds is 13. The molecule has 0 saturated carbocycles. The molecule has 11 heteroatoms. The van der Waals surface area contributed by atoms with Crippen molar-refractivity contribution < 1.29 is 37.0 Å². The van der Waals surface area contributed by atoms with Gasteiger partial charge in [-0.2, -0.15) is 4.31 Å². The quantitative estimate of drug-likeness (QED) is 0.275. The third-order valence-corrected chi connectivity index (χ3v) is 9.04. The zero-order valence-electron chi connectivity index (χ0n) is 23.7. The third-order valence-electron chi connectivity index (χ3n) is 7.16. The van der Waals surface area contributed by atoms with Crippen LogP contribution in [0.15, 0.2) is 65.3 Å². The van der Waals surface area contributed by atoms with Crippen molar-refractivity contribution in [3.63, 3.8) is 0 Å². The van der Waals surface area contributed by atoms with E-state index >= 15 is 0 Å². The summed E-state index contributed by atoms with van der Waals surface area (Å²) in [4.78, 5) is 24.1. The second kappa shape index (κ2) is 14.1. The number of hydrogen-bond acceptors (Lipinski definition) is 8. The van der Waals surface area contributed by atoms with Crippen molar-refractivity contribution in [2.24, 2.45) is 11.8 Å². The van der Waals surface area contributed by atoms with E-state index in [-0.39, 0.29) is 29.6 Å². The first-order valence-corrected chi connectivity index (χ1v) is 15.2. The van der Waals surface area contributed by atoms with Gasteiger partial charge in [0, 0.05) is 30.6 Å². The molecule has 2 saturated heterocycles. The molecule has 2 aromatic carbocycles. The summed E-state index contributed by atoms with van der Waals surface area (Å²) >= 11 is 0. The Balaban J connectivity index is 1.48. The van der Waals surface area contributed by atoms with E-state index in [0.29, 0.717) is 43.9 Å². The Bertz CT molecular complexity index is 1310. The standard InChI is InChI=1S/C30H38N2O8S/c1-21(2)17-32(41(35,36)27-10-8-26(37-3)9-11-27)14-12-25(16-22-4-6-23(18-33)7-5-22)31-30(34)40-20-24-19-39-29-28(24)13-15-38-29/h4-11,18,20-21,25,28-29H,12-17,19H2,1-3H3,(H,31,34)/b24-20-/t25-,28+,29-/m1/s1. The molecule has 0 radical (unpaired) electrons. The highest BCUT2D eigenvalue weighted by Crippen LogP contribution is 2.35. The van der Waals surface area contributed by atoms with Gasteiger partial charge in [0.25, 0.3) is 0 Å². The fourth-order valence-corrected chi connectivity index (χ4v) is 6.60. The van der Waals surface area contributed by atoms with E-state index in [0.717, 1.165) is 23.8 Å². The maximum atomic E-state index is 13.6. The average molecular weight is 587 g/mol. The van der Waals surface area contributed by atoms with Crippen LogP contribution in [0.1, 0.15) is 42.6 Å². The minimum absolute atomic E-state index is 0.0823. The predicted molar refractivity (Wildman–Crippen MR) is 152 cm³/mol. The number of amides is 1. The Kier molecular flexibility index (Phi) is 10.5. The maximum Gasteiger partial charge on any atom is 0.412 e. The first-order valence-electron chi connectivity index (χ1n) is 13.8. The molecular formula is C30H38N2O8S. The van der Waals surface area contributed by atoms with Crippen molar-refractivity contribution in [3.05, 3.63) is 71.5 Å². The van der Waals surface area contributed by atoms with Gasteiger partial charge in [-0.15, -0.1) is 0 Å². The van der Waals surface area contributed by atoms with E-state index in [9.17, 15) is 18.0 Å². The molecule has 222 valence electrons. The zero-order chi connectivity index (χ0) is 29.4. The van der Waals surface area contributed by atoms with Crippen LogP contribution >= 0.6 is 0 Å². The van der Waals surface area contributed by atoms with E-state index in [4.69, 9.17) is 18.9 Å². The number of ether oxygens (including phenoxy) is 4. The molecule has 0 spiro atoms. The Morgan fingerprint density at radius 3 is 2.51 bits per heavy atom. The molecule has 2 aliphatic heterocycles. The topological polar surface area (TPSA) is 120 Å². The Hall–Kier alpha value is -3.25. The fraction of sp³-hybridized carbons (Fsp3) is 0.467. The molecule has 0 unspecified atom stereocenters. The average Bonchev–Trinajstić information content (AvgIpc) is 3.59. The van der Waals surface area contributed by atoms with Gasteiger partial charge in [0.1, 0.15) is 12.0 Å². The van der Waals surface area contributed by atoms with Crippen molar-refractivity contribution >= 4 is 22.4 Å². The van der Waals surface area contributed by atoms with Crippen molar-refractivity contribution in [2.75, 3.05) is 33.4 Å². The molecule has 3 atom stereocenters. The number of aldehydes is 1. The number of carbonyl (C=O) groups excluding carboxylic acids is 2. The van der Waals surface area contributed by atoms with Gasteiger partial charge in [0.05, 0.1) is 31.5 Å². The van der Waals surface area contributed by atoms with Crippen LogP contribution in [-0.2, 0) is 30.7 Å². The second-order valence-corrected chi connectivity index (χ2v) is 12.6. The highest BCUT2D eigenvalue weighted by Gasteiger charge is 2.38. The maximum absolute atomic E-state index is 13.6. The number of alkyl carbamates (subject to hydrolysis) is 1. The Morgan fingerprint density at radius 2 is 1.85 bits per heavy atom. The summed E-state index contributed by atoms with van der Waals surface area (Å²) in [6, 6.07) is 12.9. The Labute approximate surface area is 241 Å². The van der Waals surface area contributed by atoms with Crippen molar-refractivity contribution in [2.45, 2.75) is 50.3 Å². The monoisotopic (exact) mass is 586 g/mol. The summed E-state index contributed by atoms with van der Waals surface area (Å²) in [6.07, 6.45) is 2.86. The SMILES string of the molecule is COc1ccc(S(=O)(=O)N(CC[C@H](Cc2ccc(C=O)cc2)NC(=O)O/C=C2/CO[C@H]3OCC[C@@H]23)CC(C)C)cc1. The van der Waals surface area contributed by atoms with Crippen LogP contribution in [0.5, 0.6) is 5.75 Å². The number of nitrogens with zero attached hydrogens (tertiary/aromatic N) is 1. The summed E-state index contributed by atoms with van der Waals surface area (Å²) in [5.74, 6) is 0.736. The van der Waals surface area contributed by atoms with Gasteiger partial charge in [-0.25, -0.2) is 13.2 Å². The third kappa shape index (κ3) is 8.16. The predicted octanol–water partition coefficient (Wildman–Crippen LogP) is 4.16. The van der Waals surface area contributed by atoms with E-state index in [1.54, 1.807) is 24.3 Å². The molecule has 4 rings (SSSR count). The van der Waals surface area contributed by atoms with Gasteiger partial charge >= 0.3 is 6.09 Å². The van der Waals surface area contributed by atoms with Crippen molar-refractivity contribution in [1.29, 1.82) is 0 Å². The molecule has 0 aromatic heterocycles. The lowest BCUT2D eigenvalue weighted by Gasteiger charge is -2.27. The van der Waals surface area contributed by atoms with Crippen LogP contribution in [0, 0.1) is 11.8 Å². The molecular weight excluding hydrogens is 548 g/mol. The van der Waals surface area contributed by atoms with E-state index in [1.807, 2.05) is 26.0 Å². The van der Waals surface area contributed by atoms with Gasteiger partial charge in [-0.3, -0.25) is 4.79 Å². The van der Waals surface area contributed by atoms with Gasteiger partial charge < -0.3 is 24.3 Å². The molecule has 10 nitrogen and oxygen atoms in total. The normalized spacial score (nSPS) is 20.3. The summed E-state index contributed by atoms with van der Waals surface area (Å²) in [5.41, 5.74) is 2.31. The molecule has 2 aliphatic rings. The minimum atomic E-state index is -3.80. The molecule has 2 heterocycles. The molecule has 41 heavy (non-hydrogen) atoms. The number of fused-ring (bicyclic) bond motifs is 1. The minimum Gasteiger partial charge on any atom is -0.497 e. The van der Waals surface area contributed by atoms with Crippen molar-refractivity contribution in [3.8, 4) is 5.75 Å². The first kappa shape index (κ1) is 30.7. The molecule has 2 fully saturated rings. The highest BCUT2D eigenvalue weighted by molar-refractivity contribution is 7.89. The smallest absolute Gasteiger partial charge is 0.412 e. The van der Waals surface area contributed by atoms with Crippen molar-refractivity contribution in [1.82, 2.24) is 9.62 Å². The molecule has 1 amide bonds. The number of sulfonamides is 1. The molecule has 0 bridgehead atoms. The van der Waals surface area contributed by atoms with Crippen LogP contribution in [-0.4, -0.2) is 70.8 Å². The molecule has 0 aliphatic carbocycles. The number of nitrogens with one attached hydrogen (secondary N) is 1. The van der Waals surface area contributed by atoms with Gasteiger partial charge in [-0.1, -0.05) is 38.1 Å². The van der Waals surface area contributed by atoms with Crippen LogP contribution in [0.3, 0.4) is 0 Å². The fourth-order valence-electron chi connectivity index (χ4n) is 4.98. The largest absolute Gasteiger partial charge is 0.497 e. The second-order valence-electron chi connectivity index (χ2n) is 10.7. The van der Waals surface area contributed by atoms with E-state index in [1.165, 1.54) is 29.8 Å². The van der Waals surface area contributed by atoms with Gasteiger partial charge in [-0.05, 0) is 60.6 Å². The summed E-state index contributed by atoms with van der Waals surface area (Å²) in [5, 5.41) is 2.91. The summed E-state index contributed by atoms with van der Waals surface area (Å²) in [6.45, 7) is 5.37. The Morgan fingerprint density at radius 1 is 1.12 bits per heavy atom. The summed E-state index contributed by atoms with van der Waals surface area (Å²) in [7, 11) is -2.27. The molecule has 2 aromatic rings. The van der Waals surface area contributed by atoms with Crippen LogP contribution < -0.4 is 10.1 Å². The summed E-state index contributed by atoms with van der Waals surface area (Å²) < 4.78 is 50.3. The zero-order valence-corrected chi connectivity index (χ0v) is 24.5. The number of carbonyl (C=O) groups is 2. The lowest BCUT2D eigenvalue weighted by Crippen LogP contribution is -2.41. The van der Waals surface area contributed by atoms with Gasteiger partial charge in [0.2, 0.25) is 10.0 Å². The highest BCUT2D eigenvalue weighted by atomic mass is 32.2. The van der Waals surface area contributed by atoms with E-state index < -0.39 is 22.2 Å². The lowest BCUT2D eigenvalue weighted by atomic mass is 10.0. The van der Waals surface area contributed by atoms with Crippen LogP contribution in [0.25, 0.3) is 0 Å². The van der Waals surface area contributed by atoms with Crippen LogP contribution in [0.2, 0.25) is 0 Å². The number of methoxy groups -OCH3 is 1. The number of benzene rings is 2. The van der Waals surface area contributed by atoms with E-state index in [2.05, 4.69) is 5.32 Å². The van der Waals surface area contributed by atoms with Gasteiger partial charge in [0.15, 0.2) is 6.29 Å². The van der Waals surface area contributed by atoms with Crippen LogP contribution in [0.4, 0.5) is 4.79 Å². The first-order chi connectivity index (χ1) is 19.7.